The van der Waals surface area contributed by atoms with Gasteiger partial charge in [-0.15, -0.1) is 0 Å². The van der Waals surface area contributed by atoms with E-state index in [1.54, 1.807) is 17.0 Å². The highest BCUT2D eigenvalue weighted by Crippen LogP contribution is 2.25. The van der Waals surface area contributed by atoms with Gasteiger partial charge in [-0.2, -0.15) is 0 Å². The summed E-state index contributed by atoms with van der Waals surface area (Å²) < 4.78 is 18.6. The molecule has 0 spiro atoms. The van der Waals surface area contributed by atoms with E-state index in [0.29, 0.717) is 19.5 Å². The minimum atomic E-state index is -0.504. The van der Waals surface area contributed by atoms with Crippen LogP contribution in [0.4, 0.5) is 10.1 Å². The maximum atomic E-state index is 13.4. The molecule has 26 heavy (non-hydrogen) atoms. The second-order valence-corrected chi connectivity index (χ2v) is 6.43. The number of carbonyl (C=O) groups excluding carboxylic acids is 2. The molecule has 1 aliphatic heterocycles. The van der Waals surface area contributed by atoms with Crippen molar-refractivity contribution in [2.75, 3.05) is 24.6 Å². The first-order chi connectivity index (χ1) is 12.5. The van der Waals surface area contributed by atoms with Crippen LogP contribution in [-0.4, -0.2) is 31.5 Å². The van der Waals surface area contributed by atoms with Gasteiger partial charge in [0.25, 0.3) is 5.91 Å². The average Bonchev–Trinajstić information content (AvgIpc) is 3.01. The third-order valence-electron chi connectivity index (χ3n) is 4.33. The molecule has 2 aromatic carbocycles. The standard InChI is InChI=1S/C20H21FN2O3/c1-14-6-8-16(9-7-14)23-12-15(10-20(23)25)11-22-19(24)13-26-18-5-3-2-4-17(18)21/h2-9,15H,10-13H2,1H3,(H,22,24). The van der Waals surface area contributed by atoms with Crippen LogP contribution in [0.1, 0.15) is 12.0 Å². The van der Waals surface area contributed by atoms with Gasteiger partial charge in [-0.25, -0.2) is 4.39 Å². The minimum Gasteiger partial charge on any atom is -0.481 e. The molecule has 1 heterocycles. The van der Waals surface area contributed by atoms with E-state index in [1.165, 1.54) is 12.1 Å². The molecule has 1 N–H and O–H groups in total. The van der Waals surface area contributed by atoms with E-state index in [9.17, 15) is 14.0 Å². The highest BCUT2D eigenvalue weighted by atomic mass is 19.1. The van der Waals surface area contributed by atoms with E-state index in [0.717, 1.165) is 11.3 Å². The quantitative estimate of drug-likeness (QED) is 0.866. The number of nitrogens with one attached hydrogen (secondary N) is 1. The minimum absolute atomic E-state index is 0.0428. The van der Waals surface area contributed by atoms with Gasteiger partial charge in [-0.1, -0.05) is 29.8 Å². The van der Waals surface area contributed by atoms with Crippen molar-refractivity contribution >= 4 is 17.5 Å². The van der Waals surface area contributed by atoms with Crippen LogP contribution < -0.4 is 15.0 Å². The van der Waals surface area contributed by atoms with Gasteiger partial charge in [0.2, 0.25) is 5.91 Å². The second kappa shape index (κ2) is 7.99. The predicted octanol–water partition coefficient (Wildman–Crippen LogP) is 2.68. The van der Waals surface area contributed by atoms with Crippen molar-refractivity contribution in [2.24, 2.45) is 5.92 Å². The summed E-state index contributed by atoms with van der Waals surface area (Å²) in [6, 6.07) is 13.7. The van der Waals surface area contributed by atoms with Crippen molar-refractivity contribution < 1.29 is 18.7 Å². The maximum Gasteiger partial charge on any atom is 0.257 e. The lowest BCUT2D eigenvalue weighted by Gasteiger charge is -2.17. The molecule has 1 unspecified atom stereocenters. The average molecular weight is 356 g/mol. The number of hydrogen-bond acceptors (Lipinski definition) is 3. The second-order valence-electron chi connectivity index (χ2n) is 6.43. The van der Waals surface area contributed by atoms with Crippen LogP contribution in [0.3, 0.4) is 0 Å². The van der Waals surface area contributed by atoms with Crippen LogP contribution in [0.15, 0.2) is 48.5 Å². The Hall–Kier alpha value is -2.89. The van der Waals surface area contributed by atoms with Crippen molar-refractivity contribution in [3.8, 4) is 5.75 Å². The number of carbonyl (C=O) groups is 2. The van der Waals surface area contributed by atoms with Gasteiger partial charge >= 0.3 is 0 Å². The topological polar surface area (TPSA) is 58.6 Å². The number of aryl methyl sites for hydroxylation is 1. The van der Waals surface area contributed by atoms with E-state index in [-0.39, 0.29) is 30.1 Å². The number of amides is 2. The summed E-state index contributed by atoms with van der Waals surface area (Å²) in [5.74, 6) is -0.703. The Morgan fingerprint density at radius 3 is 2.69 bits per heavy atom. The summed E-state index contributed by atoms with van der Waals surface area (Å²) >= 11 is 0. The smallest absolute Gasteiger partial charge is 0.257 e. The fraction of sp³-hybridized carbons (Fsp3) is 0.300. The number of ether oxygens (including phenoxy) is 1. The molecular weight excluding hydrogens is 335 g/mol. The molecule has 3 rings (SSSR count). The fourth-order valence-electron chi connectivity index (χ4n) is 2.91. The van der Waals surface area contributed by atoms with Gasteiger partial charge in [0.05, 0.1) is 0 Å². The zero-order valence-corrected chi connectivity index (χ0v) is 14.6. The van der Waals surface area contributed by atoms with Crippen LogP contribution in [0, 0.1) is 18.7 Å². The molecule has 2 amide bonds. The lowest BCUT2D eigenvalue weighted by molar-refractivity contribution is -0.123. The van der Waals surface area contributed by atoms with E-state index in [2.05, 4.69) is 5.32 Å². The van der Waals surface area contributed by atoms with Crippen LogP contribution in [0.2, 0.25) is 0 Å². The van der Waals surface area contributed by atoms with Gasteiger partial charge in [-0.05, 0) is 31.2 Å². The zero-order chi connectivity index (χ0) is 18.5. The molecule has 1 atom stereocenters. The summed E-state index contributed by atoms with van der Waals surface area (Å²) in [6.45, 7) is 2.69. The van der Waals surface area contributed by atoms with Gasteiger partial charge in [0, 0.05) is 31.1 Å². The normalized spacial score (nSPS) is 16.6. The molecule has 0 aromatic heterocycles. The maximum absolute atomic E-state index is 13.4. The highest BCUT2D eigenvalue weighted by molar-refractivity contribution is 5.95. The Labute approximate surface area is 151 Å². The molecule has 6 heteroatoms. The molecule has 1 saturated heterocycles. The Morgan fingerprint density at radius 2 is 1.96 bits per heavy atom. The van der Waals surface area contributed by atoms with Crippen molar-refractivity contribution in [1.29, 1.82) is 0 Å². The number of benzene rings is 2. The molecule has 0 aliphatic carbocycles. The third kappa shape index (κ3) is 4.39. The zero-order valence-electron chi connectivity index (χ0n) is 14.6. The number of hydrogen-bond donors (Lipinski definition) is 1. The van der Waals surface area contributed by atoms with E-state index in [1.807, 2.05) is 31.2 Å². The molecule has 0 saturated carbocycles. The Kier molecular flexibility index (Phi) is 5.51. The molecule has 2 aromatic rings. The van der Waals surface area contributed by atoms with Crippen LogP contribution in [0.5, 0.6) is 5.75 Å². The summed E-state index contributed by atoms with van der Waals surface area (Å²) in [6.07, 6.45) is 0.391. The number of para-hydroxylation sites is 1. The number of anilines is 1. The molecule has 1 aliphatic rings. The van der Waals surface area contributed by atoms with E-state index >= 15 is 0 Å². The molecule has 136 valence electrons. The first kappa shape index (κ1) is 17.9. The number of halogens is 1. The Morgan fingerprint density at radius 1 is 1.23 bits per heavy atom. The van der Waals surface area contributed by atoms with Crippen LogP contribution >= 0.6 is 0 Å². The Bertz CT molecular complexity index is 792. The van der Waals surface area contributed by atoms with Gasteiger partial charge in [0.1, 0.15) is 0 Å². The van der Waals surface area contributed by atoms with Gasteiger partial charge < -0.3 is 15.0 Å². The molecule has 5 nitrogen and oxygen atoms in total. The van der Waals surface area contributed by atoms with Gasteiger partial charge in [-0.3, -0.25) is 9.59 Å². The lowest BCUT2D eigenvalue weighted by Crippen LogP contribution is -2.34. The van der Waals surface area contributed by atoms with E-state index < -0.39 is 5.82 Å². The van der Waals surface area contributed by atoms with Crippen LogP contribution in [0.25, 0.3) is 0 Å². The monoisotopic (exact) mass is 356 g/mol. The number of rotatable bonds is 6. The molecule has 0 bridgehead atoms. The summed E-state index contributed by atoms with van der Waals surface area (Å²) in [5, 5.41) is 2.75. The SMILES string of the molecule is Cc1ccc(N2CC(CNC(=O)COc3ccccc3F)CC2=O)cc1. The highest BCUT2D eigenvalue weighted by Gasteiger charge is 2.30. The van der Waals surface area contributed by atoms with Crippen LogP contribution in [-0.2, 0) is 9.59 Å². The molecular formula is C20H21FN2O3. The molecule has 0 radical (unpaired) electrons. The predicted molar refractivity (Wildman–Crippen MR) is 96.5 cm³/mol. The number of nitrogens with zero attached hydrogens (tertiary/aromatic N) is 1. The van der Waals surface area contributed by atoms with Gasteiger partial charge in [0.15, 0.2) is 18.2 Å². The Balaban J connectivity index is 1.46. The van der Waals surface area contributed by atoms with Crippen molar-refractivity contribution in [2.45, 2.75) is 13.3 Å². The third-order valence-corrected chi connectivity index (χ3v) is 4.33. The summed E-state index contributed by atoms with van der Waals surface area (Å²) in [7, 11) is 0. The summed E-state index contributed by atoms with van der Waals surface area (Å²) in [5.41, 5.74) is 2.01. The summed E-state index contributed by atoms with van der Waals surface area (Å²) in [4.78, 5) is 25.8. The van der Waals surface area contributed by atoms with Crippen molar-refractivity contribution in [3.63, 3.8) is 0 Å². The fourth-order valence-corrected chi connectivity index (χ4v) is 2.91. The first-order valence-corrected chi connectivity index (χ1v) is 8.54. The van der Waals surface area contributed by atoms with Crippen molar-refractivity contribution in [3.05, 3.63) is 59.9 Å². The largest absolute Gasteiger partial charge is 0.481 e. The first-order valence-electron chi connectivity index (χ1n) is 8.54. The van der Waals surface area contributed by atoms with Crippen molar-refractivity contribution in [1.82, 2.24) is 5.32 Å². The molecule has 1 fully saturated rings. The van der Waals surface area contributed by atoms with E-state index in [4.69, 9.17) is 4.74 Å². The lowest BCUT2D eigenvalue weighted by atomic mass is 10.1.